The first-order chi connectivity index (χ1) is 16.7. The van der Waals surface area contributed by atoms with E-state index in [0.29, 0.717) is 10.8 Å². The molecule has 35 heavy (non-hydrogen) atoms. The van der Waals surface area contributed by atoms with Gasteiger partial charge in [0, 0.05) is 12.6 Å². The lowest BCUT2D eigenvalue weighted by Gasteiger charge is -2.19. The lowest BCUT2D eigenvalue weighted by atomic mass is 10.0. The number of thiazole rings is 1. The normalized spacial score (nSPS) is 11.8. The van der Waals surface area contributed by atoms with Gasteiger partial charge in [0.15, 0.2) is 15.0 Å². The molecule has 4 rings (SSSR count). The fourth-order valence-electron chi connectivity index (χ4n) is 3.76. The van der Waals surface area contributed by atoms with E-state index in [0.717, 1.165) is 27.9 Å². The van der Waals surface area contributed by atoms with Crippen molar-refractivity contribution in [1.82, 2.24) is 9.97 Å². The van der Waals surface area contributed by atoms with Gasteiger partial charge in [-0.05, 0) is 60.4 Å². The summed E-state index contributed by atoms with van der Waals surface area (Å²) < 4.78 is 39.4. The zero-order chi connectivity index (χ0) is 25.0. The van der Waals surface area contributed by atoms with E-state index in [1.54, 1.807) is 11.1 Å². The monoisotopic (exact) mass is 511 g/mol. The second kappa shape index (κ2) is 10.6. The smallest absolute Gasteiger partial charge is 0.229 e. The van der Waals surface area contributed by atoms with Crippen LogP contribution in [0.25, 0.3) is 10.2 Å². The first-order valence-electron chi connectivity index (χ1n) is 11.3. The number of amides is 1. The van der Waals surface area contributed by atoms with Crippen LogP contribution in [0.1, 0.15) is 43.9 Å². The number of para-hydroxylation sites is 1. The van der Waals surface area contributed by atoms with Crippen LogP contribution in [0, 0.1) is 5.82 Å². The number of anilines is 1. The molecule has 4 aromatic rings. The van der Waals surface area contributed by atoms with Gasteiger partial charge in [-0.2, -0.15) is 0 Å². The molecule has 0 unspecified atom stereocenters. The zero-order valence-corrected chi connectivity index (χ0v) is 21.2. The van der Waals surface area contributed by atoms with E-state index in [1.807, 2.05) is 36.4 Å². The molecule has 0 spiro atoms. The third kappa shape index (κ3) is 5.91. The van der Waals surface area contributed by atoms with E-state index < -0.39 is 15.7 Å². The molecule has 2 aromatic heterocycles. The van der Waals surface area contributed by atoms with Gasteiger partial charge in [-0.1, -0.05) is 43.4 Å². The standard InChI is InChI=1S/C26H26FN3O3S2/c1-18(2)22-8-5-9-23-25(22)29-26(34-23)30(17-20-7-3-4-15-28-20)24(31)10-6-16-35(32,33)21-13-11-19(27)12-14-21/h3-5,7-9,11-15,18H,6,10,16-17H2,1-2H3. The van der Waals surface area contributed by atoms with Crippen molar-refractivity contribution in [3.8, 4) is 0 Å². The number of fused-ring (bicyclic) bond motifs is 1. The van der Waals surface area contributed by atoms with E-state index >= 15 is 0 Å². The number of halogens is 1. The topological polar surface area (TPSA) is 80.2 Å². The van der Waals surface area contributed by atoms with E-state index in [9.17, 15) is 17.6 Å². The number of nitrogens with zero attached hydrogens (tertiary/aromatic N) is 3. The van der Waals surface area contributed by atoms with Crippen molar-refractivity contribution >= 4 is 42.4 Å². The zero-order valence-electron chi connectivity index (χ0n) is 19.5. The predicted octanol–water partition coefficient (Wildman–Crippen LogP) is 5.74. The Morgan fingerprint density at radius 2 is 1.83 bits per heavy atom. The number of pyridine rings is 1. The van der Waals surface area contributed by atoms with E-state index in [1.165, 1.54) is 23.5 Å². The fraction of sp³-hybridized carbons (Fsp3) is 0.269. The Bertz CT molecular complexity index is 1420. The molecule has 0 fully saturated rings. The maximum Gasteiger partial charge on any atom is 0.229 e. The van der Waals surface area contributed by atoms with Crippen LogP contribution >= 0.6 is 11.3 Å². The Morgan fingerprint density at radius 3 is 2.51 bits per heavy atom. The number of hydrogen-bond acceptors (Lipinski definition) is 6. The second-order valence-corrected chi connectivity index (χ2v) is 11.6. The summed E-state index contributed by atoms with van der Waals surface area (Å²) in [5.41, 5.74) is 2.70. The second-order valence-electron chi connectivity index (χ2n) is 8.52. The minimum Gasteiger partial charge on any atom is -0.282 e. The predicted molar refractivity (Wildman–Crippen MR) is 137 cm³/mol. The summed E-state index contributed by atoms with van der Waals surface area (Å²) in [5, 5.41) is 0.560. The highest BCUT2D eigenvalue weighted by Gasteiger charge is 2.23. The van der Waals surface area contributed by atoms with Gasteiger partial charge < -0.3 is 0 Å². The highest BCUT2D eigenvalue weighted by Crippen LogP contribution is 2.34. The lowest BCUT2D eigenvalue weighted by molar-refractivity contribution is -0.118. The molecule has 0 N–H and O–H groups in total. The van der Waals surface area contributed by atoms with Crippen molar-refractivity contribution in [2.24, 2.45) is 0 Å². The maximum atomic E-state index is 13.3. The average Bonchev–Trinajstić information content (AvgIpc) is 3.27. The van der Waals surface area contributed by atoms with Crippen molar-refractivity contribution in [3.63, 3.8) is 0 Å². The molecule has 0 saturated heterocycles. The van der Waals surface area contributed by atoms with E-state index in [-0.39, 0.29) is 41.9 Å². The van der Waals surface area contributed by atoms with Crippen LogP contribution in [0.2, 0.25) is 0 Å². The summed E-state index contributed by atoms with van der Waals surface area (Å²) in [6.45, 7) is 4.44. The summed E-state index contributed by atoms with van der Waals surface area (Å²) in [6, 6.07) is 16.2. The summed E-state index contributed by atoms with van der Waals surface area (Å²) in [4.78, 5) is 24.1. The SMILES string of the molecule is CC(C)c1cccc2sc(N(Cc3ccccn3)C(=O)CCCS(=O)(=O)c3ccc(F)cc3)nc12. The van der Waals surface area contributed by atoms with Crippen molar-refractivity contribution in [2.75, 3.05) is 10.7 Å². The summed E-state index contributed by atoms with van der Waals surface area (Å²) in [6.07, 6.45) is 1.84. The number of carbonyl (C=O) groups excluding carboxylic acids is 1. The minimum absolute atomic E-state index is 0.0280. The van der Waals surface area contributed by atoms with Gasteiger partial charge in [0.05, 0.1) is 33.1 Å². The highest BCUT2D eigenvalue weighted by molar-refractivity contribution is 7.91. The molecular weight excluding hydrogens is 485 g/mol. The first-order valence-corrected chi connectivity index (χ1v) is 13.8. The third-order valence-electron chi connectivity index (χ3n) is 5.62. The van der Waals surface area contributed by atoms with Crippen LogP contribution in [0.3, 0.4) is 0 Å². The molecule has 2 aromatic carbocycles. The number of aromatic nitrogens is 2. The molecule has 0 aliphatic heterocycles. The Labute approximate surface area is 208 Å². The Hall–Kier alpha value is -3.17. The quantitative estimate of drug-likeness (QED) is 0.268. The molecule has 0 atom stereocenters. The molecule has 9 heteroatoms. The molecule has 182 valence electrons. The van der Waals surface area contributed by atoms with Crippen LogP contribution in [0.15, 0.2) is 71.8 Å². The Morgan fingerprint density at radius 1 is 1.06 bits per heavy atom. The number of hydrogen-bond donors (Lipinski definition) is 0. The van der Waals surface area contributed by atoms with E-state index in [2.05, 4.69) is 18.8 Å². The Kier molecular flexibility index (Phi) is 7.57. The average molecular weight is 512 g/mol. The molecule has 0 radical (unpaired) electrons. The summed E-state index contributed by atoms with van der Waals surface area (Å²) in [5.74, 6) is -0.653. The van der Waals surface area contributed by atoms with Crippen LogP contribution in [0.4, 0.5) is 9.52 Å². The van der Waals surface area contributed by atoms with Crippen LogP contribution < -0.4 is 4.90 Å². The van der Waals surface area contributed by atoms with Gasteiger partial charge in [-0.15, -0.1) is 0 Å². The summed E-state index contributed by atoms with van der Waals surface area (Å²) in [7, 11) is -3.62. The van der Waals surface area contributed by atoms with Gasteiger partial charge >= 0.3 is 0 Å². The van der Waals surface area contributed by atoms with Crippen molar-refractivity contribution in [1.29, 1.82) is 0 Å². The maximum absolute atomic E-state index is 13.3. The highest BCUT2D eigenvalue weighted by atomic mass is 32.2. The molecule has 0 bridgehead atoms. The summed E-state index contributed by atoms with van der Waals surface area (Å²) >= 11 is 1.43. The number of carbonyl (C=O) groups is 1. The molecule has 6 nitrogen and oxygen atoms in total. The van der Waals surface area contributed by atoms with Crippen LogP contribution in [-0.4, -0.2) is 30.0 Å². The van der Waals surface area contributed by atoms with Gasteiger partial charge in [-0.25, -0.2) is 17.8 Å². The number of rotatable bonds is 9. The van der Waals surface area contributed by atoms with Crippen molar-refractivity contribution in [3.05, 3.63) is 83.9 Å². The molecule has 0 aliphatic rings. The molecule has 1 amide bonds. The minimum atomic E-state index is -3.62. The van der Waals surface area contributed by atoms with Gasteiger partial charge in [0.25, 0.3) is 0 Å². The van der Waals surface area contributed by atoms with Crippen molar-refractivity contribution in [2.45, 2.75) is 44.0 Å². The van der Waals surface area contributed by atoms with Crippen molar-refractivity contribution < 1.29 is 17.6 Å². The van der Waals surface area contributed by atoms with Gasteiger partial charge in [0.1, 0.15) is 5.82 Å². The fourth-order valence-corrected chi connectivity index (χ4v) is 6.09. The largest absolute Gasteiger partial charge is 0.282 e. The number of sulfone groups is 1. The molecular formula is C26H26FN3O3S2. The molecule has 0 saturated carbocycles. The van der Waals surface area contributed by atoms with Crippen LogP contribution in [-0.2, 0) is 21.2 Å². The number of benzene rings is 2. The Balaban J connectivity index is 1.56. The van der Waals surface area contributed by atoms with Gasteiger partial charge in [0.2, 0.25) is 5.91 Å². The van der Waals surface area contributed by atoms with Crippen LogP contribution in [0.5, 0.6) is 0 Å². The molecule has 2 heterocycles. The van der Waals surface area contributed by atoms with Gasteiger partial charge in [-0.3, -0.25) is 14.7 Å². The lowest BCUT2D eigenvalue weighted by Crippen LogP contribution is -2.31. The van der Waals surface area contributed by atoms with E-state index in [4.69, 9.17) is 4.98 Å². The third-order valence-corrected chi connectivity index (χ3v) is 8.48. The molecule has 0 aliphatic carbocycles. The first kappa shape index (κ1) is 24.9.